The first-order valence-corrected chi connectivity index (χ1v) is 10.1. The third-order valence-corrected chi connectivity index (χ3v) is 5.51. The molecular formula is C24H28N4. The summed E-state index contributed by atoms with van der Waals surface area (Å²) in [7, 11) is 0. The zero-order valence-corrected chi connectivity index (χ0v) is 16.9. The lowest BCUT2D eigenvalue weighted by Crippen LogP contribution is -2.44. The molecule has 2 aromatic carbocycles. The monoisotopic (exact) mass is 372 g/mol. The van der Waals surface area contributed by atoms with E-state index in [0.29, 0.717) is 6.54 Å². The van der Waals surface area contributed by atoms with Gasteiger partial charge in [0.15, 0.2) is 5.84 Å². The summed E-state index contributed by atoms with van der Waals surface area (Å²) in [4.78, 5) is 16.0. The molecule has 1 fully saturated rings. The Balaban J connectivity index is 1.58. The van der Waals surface area contributed by atoms with Gasteiger partial charge in [0.05, 0.1) is 6.54 Å². The molecule has 2 aliphatic heterocycles. The first kappa shape index (κ1) is 18.8. The molecule has 2 aliphatic rings. The Morgan fingerprint density at radius 2 is 1.96 bits per heavy atom. The van der Waals surface area contributed by atoms with Crippen molar-refractivity contribution in [2.75, 3.05) is 26.2 Å². The lowest BCUT2D eigenvalue weighted by atomic mass is 9.96. The fourth-order valence-electron chi connectivity index (χ4n) is 4.14. The van der Waals surface area contributed by atoms with Crippen LogP contribution in [0.3, 0.4) is 0 Å². The van der Waals surface area contributed by atoms with E-state index in [4.69, 9.17) is 4.99 Å². The predicted octanol–water partition coefficient (Wildman–Crippen LogP) is 4.53. The number of likely N-dealkylation sites (tertiary alicyclic amines) is 1. The van der Waals surface area contributed by atoms with Crippen LogP contribution in [0.4, 0.5) is 0 Å². The lowest BCUT2D eigenvalue weighted by molar-refractivity contribution is 0.105. The van der Waals surface area contributed by atoms with Gasteiger partial charge >= 0.3 is 0 Å². The second kappa shape index (κ2) is 8.19. The van der Waals surface area contributed by atoms with Crippen molar-refractivity contribution in [3.8, 4) is 0 Å². The maximum Gasteiger partial charge on any atom is 0.154 e. The third kappa shape index (κ3) is 3.97. The van der Waals surface area contributed by atoms with Gasteiger partial charge in [0, 0.05) is 43.9 Å². The quantitative estimate of drug-likeness (QED) is 0.542. The van der Waals surface area contributed by atoms with Crippen LogP contribution in [0.5, 0.6) is 0 Å². The highest BCUT2D eigenvalue weighted by molar-refractivity contribution is 6.12. The molecule has 1 saturated heterocycles. The molecule has 144 valence electrons. The maximum atomic E-state index is 4.75. The van der Waals surface area contributed by atoms with E-state index in [1.165, 1.54) is 35.0 Å². The molecule has 4 rings (SSSR count). The molecule has 2 heterocycles. The van der Waals surface area contributed by atoms with Crippen LogP contribution in [-0.4, -0.2) is 49.3 Å². The van der Waals surface area contributed by atoms with Crippen molar-refractivity contribution in [3.05, 3.63) is 59.2 Å². The molecule has 28 heavy (non-hydrogen) atoms. The first-order chi connectivity index (χ1) is 13.6. The van der Waals surface area contributed by atoms with E-state index in [1.807, 2.05) is 0 Å². The third-order valence-electron chi connectivity index (χ3n) is 5.51. The second-order valence-corrected chi connectivity index (χ2v) is 8.03. The van der Waals surface area contributed by atoms with Crippen molar-refractivity contribution in [2.45, 2.75) is 26.8 Å². The van der Waals surface area contributed by atoms with E-state index in [1.54, 1.807) is 0 Å². The zero-order valence-electron chi connectivity index (χ0n) is 16.9. The van der Waals surface area contributed by atoms with Crippen LogP contribution in [0, 0.1) is 5.92 Å². The minimum absolute atomic E-state index is 0.679. The molecule has 0 spiro atoms. The summed E-state index contributed by atoms with van der Waals surface area (Å²) < 4.78 is 0. The summed E-state index contributed by atoms with van der Waals surface area (Å²) in [5.41, 5.74) is 4.88. The molecular weight excluding hydrogens is 344 g/mol. The Morgan fingerprint density at radius 1 is 1.18 bits per heavy atom. The molecule has 0 atom stereocenters. The van der Waals surface area contributed by atoms with Gasteiger partial charge in [-0.1, -0.05) is 48.9 Å². The second-order valence-electron chi connectivity index (χ2n) is 8.03. The molecule has 4 heteroatoms. The average Bonchev–Trinajstić information content (AvgIpc) is 3.10. The molecule has 0 bridgehead atoms. The van der Waals surface area contributed by atoms with Gasteiger partial charge in [0.25, 0.3) is 0 Å². The van der Waals surface area contributed by atoms with Gasteiger partial charge in [-0.25, -0.2) is 4.99 Å². The predicted molar refractivity (Wildman–Crippen MR) is 120 cm³/mol. The Hall–Kier alpha value is -2.59. The molecule has 0 unspecified atom stereocenters. The number of allylic oxidation sites excluding steroid dienone is 1. The Bertz CT molecular complexity index is 977. The SMILES string of the molecule is C=NC(=NCCC1=NCC(C)=C1)c1ccc(CN2CC(C)C2)c2ccccc12. The van der Waals surface area contributed by atoms with Crippen LogP contribution in [0.25, 0.3) is 10.8 Å². The molecule has 0 amide bonds. The zero-order chi connectivity index (χ0) is 19.5. The van der Waals surface area contributed by atoms with Gasteiger partial charge < -0.3 is 0 Å². The van der Waals surface area contributed by atoms with Crippen molar-refractivity contribution in [1.29, 1.82) is 0 Å². The van der Waals surface area contributed by atoms with E-state index < -0.39 is 0 Å². The van der Waals surface area contributed by atoms with Gasteiger partial charge in [-0.05, 0) is 42.0 Å². The van der Waals surface area contributed by atoms with Gasteiger partial charge in [-0.2, -0.15) is 0 Å². The summed E-state index contributed by atoms with van der Waals surface area (Å²) in [6.07, 6.45) is 3.01. The summed E-state index contributed by atoms with van der Waals surface area (Å²) in [6, 6.07) is 13.0. The Morgan fingerprint density at radius 3 is 2.64 bits per heavy atom. The smallest absolute Gasteiger partial charge is 0.154 e. The van der Waals surface area contributed by atoms with Crippen molar-refractivity contribution in [2.24, 2.45) is 20.9 Å². The van der Waals surface area contributed by atoms with E-state index in [9.17, 15) is 0 Å². The molecule has 2 aromatic rings. The minimum atomic E-state index is 0.679. The van der Waals surface area contributed by atoms with E-state index >= 15 is 0 Å². The summed E-state index contributed by atoms with van der Waals surface area (Å²) in [5.74, 6) is 1.54. The largest absolute Gasteiger partial charge is 0.298 e. The van der Waals surface area contributed by atoms with Gasteiger partial charge in [-0.3, -0.25) is 14.9 Å². The normalized spacial score (nSPS) is 18.1. The number of rotatable bonds is 6. The summed E-state index contributed by atoms with van der Waals surface area (Å²) in [6.45, 7) is 13.1. The van der Waals surface area contributed by atoms with Crippen LogP contribution in [-0.2, 0) is 6.54 Å². The Kier molecular flexibility index (Phi) is 5.49. The fraction of sp³-hybridized carbons (Fsp3) is 0.375. The highest BCUT2D eigenvalue weighted by Gasteiger charge is 2.23. The number of nitrogens with zero attached hydrogens (tertiary/aromatic N) is 4. The van der Waals surface area contributed by atoms with E-state index in [0.717, 1.165) is 42.5 Å². The molecule has 0 aromatic heterocycles. The number of fused-ring (bicyclic) bond motifs is 1. The van der Waals surface area contributed by atoms with Crippen molar-refractivity contribution in [1.82, 2.24) is 4.90 Å². The summed E-state index contributed by atoms with van der Waals surface area (Å²) >= 11 is 0. The van der Waals surface area contributed by atoms with Crippen LogP contribution >= 0.6 is 0 Å². The lowest BCUT2D eigenvalue weighted by Gasteiger charge is -2.37. The van der Waals surface area contributed by atoms with Crippen LogP contribution in [0.15, 0.2) is 63.0 Å². The number of hydrogen-bond acceptors (Lipinski definition) is 3. The molecule has 4 nitrogen and oxygen atoms in total. The number of amidine groups is 1. The van der Waals surface area contributed by atoms with Crippen molar-refractivity contribution < 1.29 is 0 Å². The molecule has 0 aliphatic carbocycles. The van der Waals surface area contributed by atoms with Gasteiger partial charge in [0.2, 0.25) is 0 Å². The van der Waals surface area contributed by atoms with Crippen molar-refractivity contribution in [3.63, 3.8) is 0 Å². The highest BCUT2D eigenvalue weighted by atomic mass is 15.2. The van der Waals surface area contributed by atoms with Gasteiger partial charge in [0.1, 0.15) is 0 Å². The average molecular weight is 373 g/mol. The molecule has 0 N–H and O–H groups in total. The van der Waals surface area contributed by atoms with Crippen LogP contribution < -0.4 is 0 Å². The number of benzene rings is 2. The maximum absolute atomic E-state index is 4.75. The van der Waals surface area contributed by atoms with Crippen LogP contribution in [0.2, 0.25) is 0 Å². The van der Waals surface area contributed by atoms with E-state index in [-0.39, 0.29) is 0 Å². The van der Waals surface area contributed by atoms with Gasteiger partial charge in [-0.15, -0.1) is 0 Å². The summed E-state index contributed by atoms with van der Waals surface area (Å²) in [5, 5.41) is 2.49. The molecule has 0 radical (unpaired) electrons. The fourth-order valence-corrected chi connectivity index (χ4v) is 4.14. The number of aliphatic imine (C=N–C) groups is 3. The highest BCUT2D eigenvalue weighted by Crippen LogP contribution is 2.27. The van der Waals surface area contributed by atoms with E-state index in [2.05, 4.69) is 77.9 Å². The molecule has 0 saturated carbocycles. The number of hydrogen-bond donors (Lipinski definition) is 0. The van der Waals surface area contributed by atoms with Crippen molar-refractivity contribution >= 4 is 29.0 Å². The van der Waals surface area contributed by atoms with Crippen LogP contribution in [0.1, 0.15) is 31.4 Å². The Labute approximate surface area is 167 Å². The minimum Gasteiger partial charge on any atom is -0.298 e. The standard InChI is InChI=1S/C24H28N4/c1-17-12-20(27-13-17)10-11-26-24(25-3)23-9-8-19(16-28-14-18(2)15-28)21-6-4-5-7-22(21)23/h4-9,12,18H,3,10-11,13-16H2,1-2H3. The topological polar surface area (TPSA) is 40.3 Å². The first-order valence-electron chi connectivity index (χ1n) is 10.1.